The van der Waals surface area contributed by atoms with Gasteiger partial charge in [0.2, 0.25) is 0 Å². The van der Waals surface area contributed by atoms with Crippen LogP contribution in [-0.2, 0) is 6.54 Å². The van der Waals surface area contributed by atoms with E-state index in [0.29, 0.717) is 24.6 Å². The van der Waals surface area contributed by atoms with Crippen molar-refractivity contribution in [3.63, 3.8) is 0 Å². The monoisotopic (exact) mass is 317 g/mol. The van der Waals surface area contributed by atoms with Gasteiger partial charge in [0.25, 0.3) is 5.91 Å². The van der Waals surface area contributed by atoms with Crippen LogP contribution in [0.2, 0.25) is 0 Å². The number of carbonyl (C=O) groups is 1. The number of aromatic nitrogens is 1. The highest BCUT2D eigenvalue weighted by molar-refractivity contribution is 7.09. The lowest BCUT2D eigenvalue weighted by atomic mass is 10.3. The minimum atomic E-state index is -0.128. The molecule has 2 aromatic heterocycles. The van der Waals surface area contributed by atoms with E-state index in [4.69, 9.17) is 0 Å². The van der Waals surface area contributed by atoms with Crippen molar-refractivity contribution >= 4 is 23.2 Å². The first-order chi connectivity index (χ1) is 10.8. The topological polar surface area (TPSA) is 78.4 Å². The first kappa shape index (κ1) is 16.0. The lowest BCUT2D eigenvalue weighted by Crippen LogP contribution is -2.41. The first-order valence-electron chi connectivity index (χ1n) is 6.94. The van der Waals surface area contributed by atoms with Crippen molar-refractivity contribution in [3.8, 4) is 0 Å². The largest absolute Gasteiger partial charge is 0.355 e. The quantitative estimate of drug-likeness (QED) is 0.425. The van der Waals surface area contributed by atoms with E-state index in [1.807, 2.05) is 11.4 Å². The molecule has 116 valence electrons. The molecule has 0 saturated heterocycles. The van der Waals surface area contributed by atoms with Gasteiger partial charge in [-0.3, -0.25) is 14.8 Å². The van der Waals surface area contributed by atoms with Crippen molar-refractivity contribution < 1.29 is 4.79 Å². The molecule has 0 saturated carbocycles. The van der Waals surface area contributed by atoms with Crippen LogP contribution in [0.25, 0.3) is 0 Å². The van der Waals surface area contributed by atoms with E-state index in [1.165, 1.54) is 4.88 Å². The fraction of sp³-hybridized carbons (Fsp3) is 0.267. The van der Waals surface area contributed by atoms with Crippen LogP contribution in [0.4, 0.5) is 0 Å². The molecule has 0 aliphatic carbocycles. The van der Waals surface area contributed by atoms with Crippen molar-refractivity contribution in [2.75, 3.05) is 20.1 Å². The molecule has 6 nitrogen and oxygen atoms in total. The Bertz CT molecular complexity index is 598. The molecule has 2 aromatic rings. The van der Waals surface area contributed by atoms with Gasteiger partial charge in [-0.1, -0.05) is 6.07 Å². The molecule has 0 radical (unpaired) electrons. The lowest BCUT2D eigenvalue weighted by Gasteiger charge is -2.11. The summed E-state index contributed by atoms with van der Waals surface area (Å²) in [4.78, 5) is 21.1. The van der Waals surface area contributed by atoms with Crippen LogP contribution in [0, 0.1) is 0 Å². The van der Waals surface area contributed by atoms with E-state index in [-0.39, 0.29) is 5.91 Å². The summed E-state index contributed by atoms with van der Waals surface area (Å²) in [6.45, 7) is 1.84. The third kappa shape index (κ3) is 5.17. The van der Waals surface area contributed by atoms with Gasteiger partial charge >= 0.3 is 0 Å². The van der Waals surface area contributed by atoms with E-state index >= 15 is 0 Å². The van der Waals surface area contributed by atoms with E-state index < -0.39 is 0 Å². The third-order valence-corrected chi connectivity index (χ3v) is 3.74. The van der Waals surface area contributed by atoms with Gasteiger partial charge in [0.1, 0.15) is 0 Å². The Kier molecular flexibility index (Phi) is 6.38. The fourth-order valence-electron chi connectivity index (χ4n) is 1.76. The molecule has 0 aliphatic heterocycles. The Morgan fingerprint density at radius 1 is 1.23 bits per heavy atom. The summed E-state index contributed by atoms with van der Waals surface area (Å²) in [5.74, 6) is 0.584. The molecule has 2 rings (SSSR count). The zero-order valence-electron chi connectivity index (χ0n) is 12.4. The van der Waals surface area contributed by atoms with Crippen molar-refractivity contribution in [1.29, 1.82) is 0 Å². The number of aliphatic imine (C=N–C) groups is 1. The van der Waals surface area contributed by atoms with Crippen molar-refractivity contribution in [2.24, 2.45) is 4.99 Å². The second-order valence-electron chi connectivity index (χ2n) is 4.43. The van der Waals surface area contributed by atoms with E-state index in [9.17, 15) is 4.79 Å². The minimum Gasteiger partial charge on any atom is -0.355 e. The molecule has 3 N–H and O–H groups in total. The molecule has 1 amide bonds. The Morgan fingerprint density at radius 3 is 2.77 bits per heavy atom. The fourth-order valence-corrected chi connectivity index (χ4v) is 2.41. The molecule has 0 bridgehead atoms. The SMILES string of the molecule is CN=C(NCCNC(=O)c1cccnc1)NCc1cccs1. The Balaban J connectivity index is 1.65. The van der Waals surface area contributed by atoms with Gasteiger partial charge in [-0.15, -0.1) is 11.3 Å². The maximum Gasteiger partial charge on any atom is 0.252 e. The summed E-state index contributed by atoms with van der Waals surface area (Å²) in [7, 11) is 1.72. The van der Waals surface area contributed by atoms with Crippen molar-refractivity contribution in [2.45, 2.75) is 6.54 Å². The second-order valence-corrected chi connectivity index (χ2v) is 5.46. The highest BCUT2D eigenvalue weighted by Crippen LogP contribution is 2.06. The molecular weight excluding hydrogens is 298 g/mol. The Hall–Kier alpha value is -2.41. The zero-order chi connectivity index (χ0) is 15.6. The van der Waals surface area contributed by atoms with E-state index in [1.54, 1.807) is 42.9 Å². The van der Waals surface area contributed by atoms with Crippen LogP contribution in [-0.4, -0.2) is 37.0 Å². The molecule has 0 fully saturated rings. The number of thiophene rings is 1. The van der Waals surface area contributed by atoms with Gasteiger partial charge in [-0.05, 0) is 23.6 Å². The van der Waals surface area contributed by atoms with Gasteiger partial charge < -0.3 is 16.0 Å². The van der Waals surface area contributed by atoms with E-state index in [2.05, 4.69) is 32.0 Å². The minimum absolute atomic E-state index is 0.128. The van der Waals surface area contributed by atoms with Crippen LogP contribution >= 0.6 is 11.3 Å². The summed E-state index contributed by atoms with van der Waals surface area (Å²) in [6, 6.07) is 7.56. The van der Waals surface area contributed by atoms with Crippen LogP contribution < -0.4 is 16.0 Å². The number of hydrogen-bond acceptors (Lipinski definition) is 4. The highest BCUT2D eigenvalue weighted by Gasteiger charge is 2.04. The maximum atomic E-state index is 11.8. The normalized spacial score (nSPS) is 11.0. The molecule has 0 aliphatic rings. The second kappa shape index (κ2) is 8.78. The summed E-state index contributed by atoms with van der Waals surface area (Å²) >= 11 is 1.70. The number of pyridine rings is 1. The van der Waals surface area contributed by atoms with Gasteiger partial charge in [0.05, 0.1) is 12.1 Å². The molecule has 0 atom stereocenters. The molecule has 22 heavy (non-hydrogen) atoms. The number of nitrogens with one attached hydrogen (secondary N) is 3. The predicted octanol–water partition coefficient (Wildman–Crippen LogP) is 1.24. The summed E-state index contributed by atoms with van der Waals surface area (Å²) in [5.41, 5.74) is 0.558. The highest BCUT2D eigenvalue weighted by atomic mass is 32.1. The number of rotatable bonds is 6. The van der Waals surface area contributed by atoms with Crippen LogP contribution in [0.1, 0.15) is 15.2 Å². The Labute approximate surface area is 133 Å². The summed E-state index contributed by atoms with van der Waals surface area (Å²) in [6.07, 6.45) is 3.19. The van der Waals surface area contributed by atoms with Gasteiger partial charge in [-0.2, -0.15) is 0 Å². The molecule has 0 spiro atoms. The summed E-state index contributed by atoms with van der Waals surface area (Å²) in [5, 5.41) is 11.2. The van der Waals surface area contributed by atoms with Crippen LogP contribution in [0.5, 0.6) is 0 Å². The third-order valence-electron chi connectivity index (χ3n) is 2.86. The first-order valence-corrected chi connectivity index (χ1v) is 7.82. The van der Waals surface area contributed by atoms with Gasteiger partial charge in [0, 0.05) is 37.4 Å². The van der Waals surface area contributed by atoms with Crippen molar-refractivity contribution in [1.82, 2.24) is 20.9 Å². The number of amides is 1. The Morgan fingerprint density at radius 2 is 2.09 bits per heavy atom. The number of carbonyl (C=O) groups excluding carboxylic acids is 1. The standard InChI is InChI=1S/C15H19N5OS/c1-16-15(20-11-13-5-3-9-22-13)19-8-7-18-14(21)12-4-2-6-17-10-12/h2-6,9-10H,7-8,11H2,1H3,(H,18,21)(H2,16,19,20). The van der Waals surface area contributed by atoms with Crippen LogP contribution in [0.15, 0.2) is 47.0 Å². The number of hydrogen-bond donors (Lipinski definition) is 3. The van der Waals surface area contributed by atoms with Gasteiger partial charge in [0.15, 0.2) is 5.96 Å². The predicted molar refractivity (Wildman–Crippen MR) is 89.1 cm³/mol. The summed E-state index contributed by atoms with van der Waals surface area (Å²) < 4.78 is 0. The number of nitrogens with zero attached hydrogens (tertiary/aromatic N) is 2. The van der Waals surface area contributed by atoms with Gasteiger partial charge in [-0.25, -0.2) is 0 Å². The molecule has 0 unspecified atom stereocenters. The molecule has 2 heterocycles. The van der Waals surface area contributed by atoms with E-state index in [0.717, 1.165) is 6.54 Å². The lowest BCUT2D eigenvalue weighted by molar-refractivity contribution is 0.0954. The molecule has 7 heteroatoms. The average molecular weight is 317 g/mol. The van der Waals surface area contributed by atoms with Crippen molar-refractivity contribution in [3.05, 3.63) is 52.5 Å². The van der Waals surface area contributed by atoms with Crippen LogP contribution in [0.3, 0.4) is 0 Å². The molecular formula is C15H19N5OS. The zero-order valence-corrected chi connectivity index (χ0v) is 13.2. The number of guanidine groups is 1. The smallest absolute Gasteiger partial charge is 0.252 e. The maximum absolute atomic E-state index is 11.8. The average Bonchev–Trinajstić information content (AvgIpc) is 3.08. The molecule has 0 aromatic carbocycles.